The molecule has 2 N–H and O–H groups in total. The van der Waals surface area contributed by atoms with Gasteiger partial charge in [0.05, 0.1) is 12.7 Å². The van der Waals surface area contributed by atoms with E-state index >= 15 is 0 Å². The summed E-state index contributed by atoms with van der Waals surface area (Å²) in [6.07, 6.45) is 2.17. The summed E-state index contributed by atoms with van der Waals surface area (Å²) in [6, 6.07) is 1.70. The fourth-order valence-electron chi connectivity index (χ4n) is 1.03. The number of nitrogens with zero attached hydrogens (tertiary/aromatic N) is 1. The number of carbonyl (C=O) groups is 1. The summed E-state index contributed by atoms with van der Waals surface area (Å²) in [5, 5.41) is 0. The highest BCUT2D eigenvalue weighted by Crippen LogP contribution is 2.11. The number of carbonyl (C=O) groups excluding carboxylic acids is 1. The molecule has 0 aliphatic rings. The Kier molecular flexibility index (Phi) is 2.84. The van der Waals surface area contributed by atoms with Gasteiger partial charge in [-0.05, 0) is 18.1 Å². The second kappa shape index (κ2) is 3.89. The van der Waals surface area contributed by atoms with Crippen LogP contribution in [0.5, 0.6) is 0 Å². The molecule has 4 heteroatoms. The average molecular weight is 180 g/mol. The molecule has 4 nitrogen and oxygen atoms in total. The van der Waals surface area contributed by atoms with Gasteiger partial charge in [-0.1, -0.05) is 6.92 Å². The van der Waals surface area contributed by atoms with Crippen LogP contribution in [-0.2, 0) is 11.2 Å². The van der Waals surface area contributed by atoms with Crippen LogP contribution in [-0.4, -0.2) is 18.1 Å². The lowest BCUT2D eigenvalue weighted by Gasteiger charge is -2.03. The number of hydrogen-bond acceptors (Lipinski definition) is 4. The number of methoxy groups -OCH3 is 1. The van der Waals surface area contributed by atoms with Crippen molar-refractivity contribution in [3.05, 3.63) is 23.4 Å². The van der Waals surface area contributed by atoms with Crippen LogP contribution in [0.3, 0.4) is 0 Å². The highest BCUT2D eigenvalue weighted by atomic mass is 16.5. The Balaban J connectivity index is 3.06. The smallest absolute Gasteiger partial charge is 0.339 e. The summed E-state index contributed by atoms with van der Waals surface area (Å²) in [5.41, 5.74) is 6.88. The summed E-state index contributed by atoms with van der Waals surface area (Å²) in [7, 11) is 1.34. The summed E-state index contributed by atoms with van der Waals surface area (Å²) >= 11 is 0. The Bertz CT molecular complexity index is 323. The minimum atomic E-state index is -0.387. The predicted octanol–water partition coefficient (Wildman–Crippen LogP) is 1.01. The number of nitrogen functional groups attached to an aromatic ring is 1. The van der Waals surface area contributed by atoms with Gasteiger partial charge in [0.2, 0.25) is 0 Å². The Morgan fingerprint density at radius 2 is 2.38 bits per heavy atom. The monoisotopic (exact) mass is 180 g/mol. The maximum absolute atomic E-state index is 11.1. The first kappa shape index (κ1) is 9.51. The summed E-state index contributed by atoms with van der Waals surface area (Å²) in [6.45, 7) is 1.95. The number of ether oxygens (including phenoxy) is 1. The molecule has 1 aromatic heterocycles. The Morgan fingerprint density at radius 1 is 1.69 bits per heavy atom. The van der Waals surface area contributed by atoms with E-state index in [4.69, 9.17) is 5.73 Å². The quantitative estimate of drug-likeness (QED) is 0.690. The summed E-state index contributed by atoms with van der Waals surface area (Å²) < 4.78 is 4.56. The van der Waals surface area contributed by atoms with Gasteiger partial charge in [0.1, 0.15) is 5.82 Å². The number of aromatic nitrogens is 1. The zero-order valence-corrected chi connectivity index (χ0v) is 7.70. The van der Waals surface area contributed by atoms with E-state index in [2.05, 4.69) is 9.72 Å². The van der Waals surface area contributed by atoms with Gasteiger partial charge in [0.25, 0.3) is 0 Å². The highest BCUT2D eigenvalue weighted by Gasteiger charge is 2.07. The van der Waals surface area contributed by atoms with E-state index in [0.29, 0.717) is 11.4 Å². The van der Waals surface area contributed by atoms with Crippen molar-refractivity contribution in [2.75, 3.05) is 12.8 Å². The van der Waals surface area contributed by atoms with Crippen LogP contribution in [0.25, 0.3) is 0 Å². The van der Waals surface area contributed by atoms with Gasteiger partial charge in [-0.3, -0.25) is 0 Å². The van der Waals surface area contributed by atoms with E-state index in [9.17, 15) is 4.79 Å². The first-order chi connectivity index (χ1) is 6.19. The maximum Gasteiger partial charge on any atom is 0.339 e. The van der Waals surface area contributed by atoms with E-state index < -0.39 is 0 Å². The van der Waals surface area contributed by atoms with E-state index in [1.165, 1.54) is 13.3 Å². The highest BCUT2D eigenvalue weighted by molar-refractivity contribution is 5.89. The zero-order valence-electron chi connectivity index (χ0n) is 7.70. The van der Waals surface area contributed by atoms with Crippen molar-refractivity contribution < 1.29 is 9.53 Å². The lowest BCUT2D eigenvalue weighted by atomic mass is 10.1. The zero-order chi connectivity index (χ0) is 9.84. The number of aryl methyl sites for hydroxylation is 1. The van der Waals surface area contributed by atoms with E-state index in [0.717, 1.165) is 12.0 Å². The van der Waals surface area contributed by atoms with Crippen molar-refractivity contribution in [2.24, 2.45) is 0 Å². The second-order valence-electron chi connectivity index (χ2n) is 2.61. The lowest BCUT2D eigenvalue weighted by Crippen LogP contribution is -2.05. The molecule has 0 radical (unpaired) electrons. The number of esters is 1. The molecule has 70 valence electrons. The van der Waals surface area contributed by atoms with Crippen LogP contribution >= 0.6 is 0 Å². The largest absolute Gasteiger partial charge is 0.465 e. The minimum absolute atomic E-state index is 0.387. The molecular formula is C9H12N2O2. The lowest BCUT2D eigenvalue weighted by molar-refractivity contribution is 0.0600. The molecule has 0 aromatic carbocycles. The van der Waals surface area contributed by atoms with Crippen LogP contribution in [0.2, 0.25) is 0 Å². The molecule has 0 unspecified atom stereocenters. The molecule has 1 rings (SSSR count). The van der Waals surface area contributed by atoms with Gasteiger partial charge in [-0.15, -0.1) is 0 Å². The Morgan fingerprint density at radius 3 is 2.92 bits per heavy atom. The van der Waals surface area contributed by atoms with E-state index in [-0.39, 0.29) is 5.97 Å². The topological polar surface area (TPSA) is 65.2 Å². The van der Waals surface area contributed by atoms with Crippen LogP contribution in [0.15, 0.2) is 12.3 Å². The maximum atomic E-state index is 11.1. The molecule has 0 aliphatic carbocycles. The number of anilines is 1. The molecular weight excluding hydrogens is 168 g/mol. The number of nitrogens with two attached hydrogens (primary N) is 1. The Labute approximate surface area is 76.7 Å². The van der Waals surface area contributed by atoms with Crippen molar-refractivity contribution in [1.29, 1.82) is 0 Å². The Hall–Kier alpha value is -1.58. The van der Waals surface area contributed by atoms with Gasteiger partial charge >= 0.3 is 5.97 Å². The second-order valence-corrected chi connectivity index (χ2v) is 2.61. The fourth-order valence-corrected chi connectivity index (χ4v) is 1.03. The molecule has 0 aliphatic heterocycles. The molecule has 0 atom stereocenters. The molecule has 0 amide bonds. The SMILES string of the molecule is CCc1cc(C(=O)OC)cnc1N. The van der Waals surface area contributed by atoms with Gasteiger partial charge in [0, 0.05) is 6.20 Å². The minimum Gasteiger partial charge on any atom is -0.465 e. The van der Waals surface area contributed by atoms with Crippen molar-refractivity contribution in [1.82, 2.24) is 4.98 Å². The van der Waals surface area contributed by atoms with Crippen molar-refractivity contribution >= 4 is 11.8 Å². The molecule has 0 fully saturated rings. The molecule has 0 saturated heterocycles. The third-order valence-electron chi connectivity index (χ3n) is 1.80. The number of rotatable bonds is 2. The third kappa shape index (κ3) is 1.96. The summed E-state index contributed by atoms with van der Waals surface area (Å²) in [4.78, 5) is 15.0. The molecule has 1 aromatic rings. The van der Waals surface area contributed by atoms with Crippen LogP contribution < -0.4 is 5.73 Å². The summed E-state index contributed by atoms with van der Waals surface area (Å²) in [5.74, 6) is 0.0809. The normalized spacial score (nSPS) is 9.69. The molecule has 1 heterocycles. The molecule has 13 heavy (non-hydrogen) atoms. The van der Waals surface area contributed by atoms with Crippen molar-refractivity contribution in [2.45, 2.75) is 13.3 Å². The predicted molar refractivity (Wildman–Crippen MR) is 49.4 cm³/mol. The van der Waals surface area contributed by atoms with Gasteiger partial charge in [-0.2, -0.15) is 0 Å². The van der Waals surface area contributed by atoms with E-state index in [1.807, 2.05) is 6.92 Å². The van der Waals surface area contributed by atoms with Crippen molar-refractivity contribution in [3.63, 3.8) is 0 Å². The van der Waals surface area contributed by atoms with E-state index in [1.54, 1.807) is 6.07 Å². The van der Waals surface area contributed by atoms with Gasteiger partial charge < -0.3 is 10.5 Å². The van der Waals surface area contributed by atoms with Gasteiger partial charge in [-0.25, -0.2) is 9.78 Å². The average Bonchev–Trinajstić information content (AvgIpc) is 2.17. The molecule has 0 bridgehead atoms. The van der Waals surface area contributed by atoms with Crippen molar-refractivity contribution in [3.8, 4) is 0 Å². The fraction of sp³-hybridized carbons (Fsp3) is 0.333. The first-order valence-electron chi connectivity index (χ1n) is 4.01. The number of hydrogen-bond donors (Lipinski definition) is 1. The third-order valence-corrected chi connectivity index (χ3v) is 1.80. The van der Waals surface area contributed by atoms with Gasteiger partial charge in [0.15, 0.2) is 0 Å². The van der Waals surface area contributed by atoms with Crippen LogP contribution in [0.4, 0.5) is 5.82 Å². The molecule has 0 saturated carbocycles. The standard InChI is InChI=1S/C9H12N2O2/c1-3-6-4-7(9(12)13-2)5-11-8(6)10/h4-5H,3H2,1-2H3,(H2,10,11). The van der Waals surface area contributed by atoms with Crippen LogP contribution in [0.1, 0.15) is 22.8 Å². The molecule has 0 spiro atoms. The first-order valence-corrected chi connectivity index (χ1v) is 4.01. The number of pyridine rings is 1. The van der Waals surface area contributed by atoms with Crippen LogP contribution in [0, 0.1) is 0 Å².